The Balaban J connectivity index is 1.37. The number of amides is 1. The van der Waals surface area contributed by atoms with Gasteiger partial charge in [-0.3, -0.25) is 9.78 Å². The largest absolute Gasteiger partial charge is 0.441 e. The highest BCUT2D eigenvalue weighted by Crippen LogP contribution is 2.21. The maximum Gasteiger partial charge on any atom is 0.417 e. The fourth-order valence-corrected chi connectivity index (χ4v) is 2.75. The lowest BCUT2D eigenvalue weighted by Crippen LogP contribution is -2.12. The van der Waals surface area contributed by atoms with Gasteiger partial charge in [0.15, 0.2) is 17.2 Å². The third-order valence-corrected chi connectivity index (χ3v) is 4.16. The number of hydrogen-bond donors (Lipinski definition) is 2. The fourth-order valence-electron chi connectivity index (χ4n) is 2.75. The monoisotopic (exact) mass is 363 g/mol. The highest BCUT2D eigenvalue weighted by atomic mass is 16.4. The molecule has 4 rings (SSSR count). The first-order valence-corrected chi connectivity index (χ1v) is 8.51. The standard InChI is InChI=1S/C20H17N3O4/c1-12-2-4-13(5-3-12)17-11-21-19(26-17)9-8-18(24)22-14-6-7-16-15(10-14)23-20(25)27-16/h2-7,10-11H,8-9H2,1H3,(H,22,24)(H,23,25). The summed E-state index contributed by atoms with van der Waals surface area (Å²) in [5, 5.41) is 2.79. The van der Waals surface area contributed by atoms with Crippen LogP contribution in [0, 0.1) is 6.92 Å². The van der Waals surface area contributed by atoms with Crippen molar-refractivity contribution in [1.29, 1.82) is 0 Å². The highest BCUT2D eigenvalue weighted by Gasteiger charge is 2.10. The Bertz CT molecular complexity index is 1150. The number of carbonyl (C=O) groups excluding carboxylic acids is 1. The van der Waals surface area contributed by atoms with Crippen LogP contribution in [0.1, 0.15) is 17.9 Å². The van der Waals surface area contributed by atoms with Crippen LogP contribution in [0.5, 0.6) is 0 Å². The molecule has 0 spiro atoms. The van der Waals surface area contributed by atoms with E-state index in [1.54, 1.807) is 24.4 Å². The van der Waals surface area contributed by atoms with Gasteiger partial charge >= 0.3 is 5.76 Å². The molecular formula is C20H17N3O4. The molecule has 2 heterocycles. The molecule has 136 valence electrons. The average molecular weight is 363 g/mol. The number of oxazole rings is 2. The van der Waals surface area contributed by atoms with E-state index in [2.05, 4.69) is 15.3 Å². The van der Waals surface area contributed by atoms with Crippen molar-refractivity contribution in [3.63, 3.8) is 0 Å². The number of H-pyrrole nitrogens is 1. The molecule has 4 aromatic rings. The number of aryl methyl sites for hydroxylation is 2. The minimum Gasteiger partial charge on any atom is -0.441 e. The molecular weight excluding hydrogens is 346 g/mol. The minimum absolute atomic E-state index is 0.171. The van der Waals surface area contributed by atoms with E-state index < -0.39 is 5.76 Å². The van der Waals surface area contributed by atoms with Gasteiger partial charge in [-0.05, 0) is 25.1 Å². The molecule has 7 nitrogen and oxygen atoms in total. The number of aromatic nitrogens is 2. The van der Waals surface area contributed by atoms with Gasteiger partial charge in [0.1, 0.15) is 0 Å². The molecule has 27 heavy (non-hydrogen) atoms. The topological polar surface area (TPSA) is 101 Å². The second-order valence-corrected chi connectivity index (χ2v) is 6.26. The summed E-state index contributed by atoms with van der Waals surface area (Å²) in [5.74, 6) is 0.493. The molecule has 0 unspecified atom stereocenters. The molecule has 0 bridgehead atoms. The normalized spacial score (nSPS) is 11.0. The van der Waals surface area contributed by atoms with E-state index in [0.29, 0.717) is 34.9 Å². The van der Waals surface area contributed by atoms with Crippen LogP contribution in [0.3, 0.4) is 0 Å². The number of hydrogen-bond acceptors (Lipinski definition) is 5. The SMILES string of the molecule is Cc1ccc(-c2cnc(CCC(=O)Nc3ccc4oc(=O)[nH]c4c3)o2)cc1. The molecule has 0 aliphatic carbocycles. The average Bonchev–Trinajstić information content (AvgIpc) is 3.26. The number of nitrogens with zero attached hydrogens (tertiary/aromatic N) is 1. The van der Waals surface area contributed by atoms with Crippen molar-refractivity contribution >= 4 is 22.7 Å². The van der Waals surface area contributed by atoms with Crippen LogP contribution in [0.15, 0.2) is 62.3 Å². The molecule has 2 aromatic carbocycles. The Morgan fingerprint density at radius 2 is 1.96 bits per heavy atom. The molecule has 0 saturated heterocycles. The van der Waals surface area contributed by atoms with E-state index in [0.717, 1.165) is 5.56 Å². The smallest absolute Gasteiger partial charge is 0.417 e. The van der Waals surface area contributed by atoms with Crippen LogP contribution in [0.2, 0.25) is 0 Å². The van der Waals surface area contributed by atoms with E-state index in [4.69, 9.17) is 8.83 Å². The lowest BCUT2D eigenvalue weighted by Gasteiger charge is -2.04. The molecule has 0 atom stereocenters. The fraction of sp³-hybridized carbons (Fsp3) is 0.150. The first-order valence-electron chi connectivity index (χ1n) is 8.51. The Morgan fingerprint density at radius 1 is 1.15 bits per heavy atom. The van der Waals surface area contributed by atoms with Gasteiger partial charge in [0, 0.05) is 24.1 Å². The third kappa shape index (κ3) is 3.82. The predicted octanol–water partition coefficient (Wildman–Crippen LogP) is 3.66. The van der Waals surface area contributed by atoms with Crippen LogP contribution in [0.25, 0.3) is 22.4 Å². The van der Waals surface area contributed by atoms with Gasteiger partial charge in [0.2, 0.25) is 5.91 Å². The van der Waals surface area contributed by atoms with Crippen LogP contribution >= 0.6 is 0 Å². The molecule has 7 heteroatoms. The van der Waals surface area contributed by atoms with Crippen LogP contribution in [-0.4, -0.2) is 15.9 Å². The van der Waals surface area contributed by atoms with Crippen LogP contribution < -0.4 is 11.1 Å². The van der Waals surface area contributed by atoms with Gasteiger partial charge < -0.3 is 14.2 Å². The molecule has 0 aliphatic heterocycles. The van der Waals surface area contributed by atoms with Gasteiger partial charge in [0.25, 0.3) is 0 Å². The zero-order valence-electron chi connectivity index (χ0n) is 14.6. The number of carbonyl (C=O) groups is 1. The Labute approximate surface area is 154 Å². The van der Waals surface area contributed by atoms with E-state index in [-0.39, 0.29) is 12.3 Å². The quantitative estimate of drug-likeness (QED) is 0.563. The lowest BCUT2D eigenvalue weighted by atomic mass is 10.1. The maximum absolute atomic E-state index is 12.2. The van der Waals surface area contributed by atoms with Crippen molar-refractivity contribution in [1.82, 2.24) is 9.97 Å². The number of anilines is 1. The number of rotatable bonds is 5. The molecule has 2 N–H and O–H groups in total. The van der Waals surface area contributed by atoms with Crippen molar-refractivity contribution in [2.24, 2.45) is 0 Å². The van der Waals surface area contributed by atoms with E-state index >= 15 is 0 Å². The maximum atomic E-state index is 12.2. The van der Waals surface area contributed by atoms with Crippen molar-refractivity contribution in [3.05, 3.63) is 70.7 Å². The van der Waals surface area contributed by atoms with Crippen molar-refractivity contribution < 1.29 is 13.6 Å². The number of benzene rings is 2. The number of nitrogens with one attached hydrogen (secondary N) is 2. The molecule has 0 radical (unpaired) electrons. The summed E-state index contributed by atoms with van der Waals surface area (Å²) >= 11 is 0. The molecule has 0 aliphatic rings. The lowest BCUT2D eigenvalue weighted by molar-refractivity contribution is -0.116. The third-order valence-electron chi connectivity index (χ3n) is 4.16. The molecule has 1 amide bonds. The summed E-state index contributed by atoms with van der Waals surface area (Å²) < 4.78 is 10.7. The summed E-state index contributed by atoms with van der Waals surface area (Å²) in [6.07, 6.45) is 2.29. The molecule has 0 saturated carbocycles. The van der Waals surface area contributed by atoms with Gasteiger partial charge in [-0.15, -0.1) is 0 Å². The summed E-state index contributed by atoms with van der Waals surface area (Å²) in [6, 6.07) is 12.9. The summed E-state index contributed by atoms with van der Waals surface area (Å²) in [5.41, 5.74) is 3.69. The predicted molar refractivity (Wildman–Crippen MR) is 100 cm³/mol. The van der Waals surface area contributed by atoms with Gasteiger partial charge in [-0.1, -0.05) is 29.8 Å². The van der Waals surface area contributed by atoms with E-state index in [9.17, 15) is 9.59 Å². The summed E-state index contributed by atoms with van der Waals surface area (Å²) in [7, 11) is 0. The Kier molecular flexibility index (Phi) is 4.33. The summed E-state index contributed by atoms with van der Waals surface area (Å²) in [4.78, 5) is 30.1. The van der Waals surface area contributed by atoms with Crippen molar-refractivity contribution in [2.75, 3.05) is 5.32 Å². The number of fused-ring (bicyclic) bond motifs is 1. The van der Waals surface area contributed by atoms with Crippen molar-refractivity contribution in [2.45, 2.75) is 19.8 Å². The first-order chi connectivity index (χ1) is 13.1. The minimum atomic E-state index is -0.526. The van der Waals surface area contributed by atoms with Gasteiger partial charge in [-0.2, -0.15) is 0 Å². The van der Waals surface area contributed by atoms with E-state index in [1.807, 2.05) is 31.2 Å². The zero-order chi connectivity index (χ0) is 18.8. The molecule has 2 aromatic heterocycles. The zero-order valence-corrected chi connectivity index (χ0v) is 14.6. The van der Waals surface area contributed by atoms with Gasteiger partial charge in [0.05, 0.1) is 11.7 Å². The van der Waals surface area contributed by atoms with Crippen LogP contribution in [-0.2, 0) is 11.2 Å². The first kappa shape index (κ1) is 16.8. The summed E-state index contributed by atoms with van der Waals surface area (Å²) in [6.45, 7) is 2.02. The number of aromatic amines is 1. The second-order valence-electron chi connectivity index (χ2n) is 6.26. The van der Waals surface area contributed by atoms with Crippen LogP contribution in [0.4, 0.5) is 5.69 Å². The Hall–Kier alpha value is -3.61. The second kappa shape index (κ2) is 6.95. The van der Waals surface area contributed by atoms with Crippen molar-refractivity contribution in [3.8, 4) is 11.3 Å². The van der Waals surface area contributed by atoms with E-state index in [1.165, 1.54) is 5.56 Å². The Morgan fingerprint density at radius 3 is 2.78 bits per heavy atom. The highest BCUT2D eigenvalue weighted by molar-refractivity contribution is 5.92. The molecule has 0 fully saturated rings. The van der Waals surface area contributed by atoms with Gasteiger partial charge in [-0.25, -0.2) is 9.78 Å².